The second kappa shape index (κ2) is 18.2. The van der Waals surface area contributed by atoms with Crippen LogP contribution in [0.25, 0.3) is 33.6 Å². The zero-order valence-electron chi connectivity index (χ0n) is 36.0. The number of nitrogens with one attached hydrogen (secondary N) is 5. The van der Waals surface area contributed by atoms with Gasteiger partial charge in [-0.15, -0.1) is 0 Å². The second-order valence-electron chi connectivity index (χ2n) is 17.8. The third-order valence-electron chi connectivity index (χ3n) is 13.8. The largest absolute Gasteiger partial charge is 0.468 e. The lowest BCUT2D eigenvalue weighted by atomic mass is 9.76. The number of carbonyl (C=O) groups is 5. The molecule has 2 unspecified atom stereocenters. The third-order valence-corrected chi connectivity index (χ3v) is 13.8. The van der Waals surface area contributed by atoms with Gasteiger partial charge in [-0.3, -0.25) is 19.2 Å². The number of hydrogen-bond acceptors (Lipinski definition) is 9. The van der Waals surface area contributed by atoms with Crippen LogP contribution in [0, 0.1) is 23.7 Å². The van der Waals surface area contributed by atoms with Crippen molar-refractivity contribution in [2.75, 3.05) is 27.3 Å². The van der Waals surface area contributed by atoms with Crippen molar-refractivity contribution in [3.05, 3.63) is 72.6 Å². The topological polar surface area (TPSA) is 200 Å². The average Bonchev–Trinajstić information content (AvgIpc) is 4.16. The second-order valence-corrected chi connectivity index (χ2v) is 17.8. The van der Waals surface area contributed by atoms with Crippen LogP contribution in [0.3, 0.4) is 0 Å². The molecule has 62 heavy (non-hydrogen) atoms. The highest BCUT2D eigenvalue weighted by molar-refractivity contribution is 5.94. The molecule has 3 saturated carbocycles. The van der Waals surface area contributed by atoms with Gasteiger partial charge in [-0.2, -0.15) is 0 Å². The molecule has 8 rings (SSSR count). The first-order valence-corrected chi connectivity index (χ1v) is 22.1. The van der Waals surface area contributed by atoms with Crippen LogP contribution in [0.4, 0.5) is 4.79 Å². The molecule has 6 atom stereocenters. The summed E-state index contributed by atoms with van der Waals surface area (Å²) in [6.45, 7) is 4.16. The average molecular weight is 847 g/mol. The molecule has 2 aromatic carbocycles. The zero-order valence-corrected chi connectivity index (χ0v) is 36.0. The number of hydrogen-bond donors (Lipinski definition) is 5. The molecule has 1 saturated heterocycles. The summed E-state index contributed by atoms with van der Waals surface area (Å²) in [6.07, 6.45) is 11.4. The Morgan fingerprint density at radius 1 is 0.774 bits per heavy atom. The lowest BCUT2D eigenvalue weighted by molar-refractivity contribution is -0.143. The number of amides is 4. The van der Waals surface area contributed by atoms with Crippen LogP contribution in [-0.2, 0) is 28.7 Å². The number of aromatic amines is 2. The van der Waals surface area contributed by atoms with Crippen molar-refractivity contribution in [3.63, 3.8) is 0 Å². The number of esters is 1. The Morgan fingerprint density at radius 3 is 1.98 bits per heavy atom. The number of imidazole rings is 2. The Morgan fingerprint density at radius 2 is 1.37 bits per heavy atom. The molecule has 328 valence electrons. The molecule has 2 bridgehead atoms. The van der Waals surface area contributed by atoms with E-state index in [-0.39, 0.29) is 54.0 Å². The van der Waals surface area contributed by atoms with Crippen molar-refractivity contribution in [2.24, 2.45) is 23.7 Å². The van der Waals surface area contributed by atoms with Gasteiger partial charge >= 0.3 is 12.1 Å². The van der Waals surface area contributed by atoms with Crippen molar-refractivity contribution >= 4 is 29.8 Å². The minimum Gasteiger partial charge on any atom is -0.468 e. The summed E-state index contributed by atoms with van der Waals surface area (Å²) in [6, 6.07) is 15.7. The van der Waals surface area contributed by atoms with Gasteiger partial charge < -0.3 is 40.3 Å². The first-order valence-electron chi connectivity index (χ1n) is 22.1. The minimum absolute atomic E-state index is 0.0721. The Hall–Kier alpha value is -5.99. The number of rotatable bonds is 13. The van der Waals surface area contributed by atoms with Gasteiger partial charge in [-0.05, 0) is 85.0 Å². The number of carbonyl (C=O) groups excluding carboxylic acids is 5. The van der Waals surface area contributed by atoms with Gasteiger partial charge in [0, 0.05) is 12.5 Å². The van der Waals surface area contributed by atoms with Crippen LogP contribution in [0.1, 0.15) is 102 Å². The van der Waals surface area contributed by atoms with Crippen molar-refractivity contribution in [1.29, 1.82) is 0 Å². The number of nitrogens with zero attached hydrogens (tertiary/aromatic N) is 3. The van der Waals surface area contributed by atoms with E-state index in [0.29, 0.717) is 25.3 Å². The summed E-state index contributed by atoms with van der Waals surface area (Å²) in [7, 11) is 2.57. The van der Waals surface area contributed by atoms with Crippen molar-refractivity contribution in [3.8, 4) is 33.6 Å². The van der Waals surface area contributed by atoms with E-state index in [1.54, 1.807) is 6.20 Å². The molecule has 3 heterocycles. The van der Waals surface area contributed by atoms with E-state index in [2.05, 4.69) is 79.4 Å². The summed E-state index contributed by atoms with van der Waals surface area (Å²) in [5.74, 6) is 0.531. The van der Waals surface area contributed by atoms with E-state index < -0.39 is 23.6 Å². The number of fused-ring (bicyclic) bond motifs is 2. The molecule has 5 N–H and O–H groups in total. The molecule has 15 nitrogen and oxygen atoms in total. The summed E-state index contributed by atoms with van der Waals surface area (Å²) < 4.78 is 9.49. The predicted octanol–water partition coefficient (Wildman–Crippen LogP) is 6.42. The summed E-state index contributed by atoms with van der Waals surface area (Å²) >= 11 is 0. The van der Waals surface area contributed by atoms with Gasteiger partial charge in [0.15, 0.2) is 0 Å². The lowest BCUT2D eigenvalue weighted by Crippen LogP contribution is -2.61. The molecule has 2 aromatic heterocycles. The van der Waals surface area contributed by atoms with Crippen LogP contribution in [-0.4, -0.2) is 93.5 Å². The van der Waals surface area contributed by atoms with E-state index in [4.69, 9.17) is 14.5 Å². The summed E-state index contributed by atoms with van der Waals surface area (Å²) in [4.78, 5) is 83.5. The highest BCUT2D eigenvalue weighted by Gasteiger charge is 2.54. The van der Waals surface area contributed by atoms with Crippen molar-refractivity contribution < 1.29 is 33.4 Å². The number of likely N-dealkylation sites (tertiary alicyclic amines) is 1. The van der Waals surface area contributed by atoms with Crippen LogP contribution >= 0.6 is 0 Å². The van der Waals surface area contributed by atoms with Crippen LogP contribution < -0.4 is 16.0 Å². The van der Waals surface area contributed by atoms with Gasteiger partial charge in [-0.1, -0.05) is 81.6 Å². The monoisotopic (exact) mass is 846 g/mol. The molecule has 4 amide bonds. The van der Waals surface area contributed by atoms with Gasteiger partial charge in [-0.25, -0.2) is 14.8 Å². The van der Waals surface area contributed by atoms with Crippen LogP contribution in [0.15, 0.2) is 60.9 Å². The predicted molar refractivity (Wildman–Crippen MR) is 231 cm³/mol. The molecular weight excluding hydrogens is 789 g/mol. The Balaban J connectivity index is 0.923. The Labute approximate surface area is 361 Å². The zero-order chi connectivity index (χ0) is 43.5. The Kier molecular flexibility index (Phi) is 12.5. The van der Waals surface area contributed by atoms with E-state index in [1.165, 1.54) is 14.2 Å². The standard InChI is InChI=1S/C47H58N8O7/c1-27(2)40(53-46(60)62-4)44(58)55-22-8-9-36(55)41-48-24-34(51-41)30-14-10-28(11-15-30)29-12-16-31(17-13-29)35-25-49-42(52-35)38-32-18-19-33(23-32)39(38)43(57)54-47(20-6-5-7-21-47)45(59)50-26-37(56)61-3/h10-17,24-25,27,32-33,36,38-40H,5-9,18-23,26H2,1-4H3,(H,48,51)(H,49,52)(H,50,59)(H,53,60)(H,54,57)/t32?,33?,36-,38+,39+,40-/m0/s1. The first kappa shape index (κ1) is 42.7. The van der Waals surface area contributed by atoms with E-state index in [0.717, 1.165) is 96.7 Å². The Bertz CT molecular complexity index is 2260. The van der Waals surface area contributed by atoms with Crippen LogP contribution in [0.5, 0.6) is 0 Å². The minimum atomic E-state index is -1.04. The maximum absolute atomic E-state index is 14.2. The smallest absolute Gasteiger partial charge is 0.407 e. The fourth-order valence-corrected chi connectivity index (χ4v) is 10.5. The van der Waals surface area contributed by atoms with Gasteiger partial charge in [0.1, 0.15) is 29.8 Å². The summed E-state index contributed by atoms with van der Waals surface area (Å²) in [5.41, 5.74) is 4.77. The molecule has 15 heteroatoms. The molecular formula is C47H58N8O7. The van der Waals surface area contributed by atoms with Gasteiger partial charge in [0.25, 0.3) is 0 Å². The van der Waals surface area contributed by atoms with Crippen molar-refractivity contribution in [2.45, 2.75) is 102 Å². The molecule has 0 spiro atoms. The normalized spacial score (nSPS) is 23.2. The maximum atomic E-state index is 14.2. The van der Waals surface area contributed by atoms with Crippen LogP contribution in [0.2, 0.25) is 0 Å². The lowest BCUT2D eigenvalue weighted by Gasteiger charge is -2.39. The molecule has 4 aliphatic rings. The summed E-state index contributed by atoms with van der Waals surface area (Å²) in [5, 5.41) is 8.64. The van der Waals surface area contributed by atoms with Gasteiger partial charge in [0.2, 0.25) is 17.7 Å². The first-order chi connectivity index (χ1) is 30.0. The highest BCUT2D eigenvalue weighted by atomic mass is 16.5. The van der Waals surface area contributed by atoms with Crippen molar-refractivity contribution in [1.82, 2.24) is 40.8 Å². The number of H-pyrrole nitrogens is 2. The third kappa shape index (κ3) is 8.58. The fourth-order valence-electron chi connectivity index (χ4n) is 10.5. The number of alkyl carbamates (subject to hydrolysis) is 1. The number of benzene rings is 2. The van der Waals surface area contributed by atoms with E-state index >= 15 is 0 Å². The van der Waals surface area contributed by atoms with E-state index in [9.17, 15) is 24.0 Å². The highest BCUT2D eigenvalue weighted by Crippen LogP contribution is 2.56. The number of ether oxygens (including phenoxy) is 2. The van der Waals surface area contributed by atoms with Gasteiger partial charge in [0.05, 0.1) is 50.0 Å². The maximum Gasteiger partial charge on any atom is 0.407 e. The number of methoxy groups -OCH3 is 2. The molecule has 4 aromatic rings. The molecule has 4 fully saturated rings. The van der Waals surface area contributed by atoms with E-state index in [1.807, 2.05) is 24.9 Å². The molecule has 0 radical (unpaired) electrons. The number of aromatic nitrogens is 4. The molecule has 3 aliphatic carbocycles. The SMILES string of the molecule is COC(=O)CNC(=O)C1(NC(=O)[C@@H]2C3CCC(C3)[C@H]2c2ncc(-c3ccc(-c4ccc(-c5cnc([C@@H]6CCCN6C(=O)[C@@H](NC(=O)OC)C(C)C)[nH]5)cc4)cc3)[nH]2)CCCCC1. The molecule has 1 aliphatic heterocycles. The fraction of sp³-hybridized carbons (Fsp3) is 0.511. The quantitative estimate of drug-likeness (QED) is 0.0943.